The molecule has 3 rings (SSSR count). The first-order valence-corrected chi connectivity index (χ1v) is 12.8. The van der Waals surface area contributed by atoms with Crippen LogP contribution in [0.1, 0.15) is 25.8 Å². The van der Waals surface area contributed by atoms with Crippen LogP contribution in [0.15, 0.2) is 65.6 Å². The fraction of sp³-hybridized carbons (Fsp3) is 0.393. The number of likely N-dealkylation sites (N-methyl/N-ethyl adjacent to an activating group) is 3. The molecule has 1 aliphatic rings. The van der Waals surface area contributed by atoms with E-state index in [0.717, 1.165) is 41.3 Å². The molecule has 0 radical (unpaired) electrons. The number of hydrogen-bond acceptors (Lipinski definition) is 9. The number of anilines is 2. The van der Waals surface area contributed by atoms with Gasteiger partial charge in [0.1, 0.15) is 17.9 Å². The van der Waals surface area contributed by atoms with Gasteiger partial charge in [-0.05, 0) is 33.0 Å². The average Bonchev–Trinajstić information content (AvgIpc) is 3.09. The van der Waals surface area contributed by atoms with Crippen molar-refractivity contribution in [2.24, 2.45) is 0 Å². The van der Waals surface area contributed by atoms with E-state index >= 15 is 0 Å². The number of aromatic nitrogens is 2. The van der Waals surface area contributed by atoms with E-state index in [9.17, 15) is 8.78 Å². The summed E-state index contributed by atoms with van der Waals surface area (Å²) in [6.07, 6.45) is 6.51. The molecule has 210 valence electrons. The highest BCUT2D eigenvalue weighted by Crippen LogP contribution is 2.28. The number of hydrogen-bond donors (Lipinski definition) is 4. The monoisotopic (exact) mass is 540 g/mol. The Labute approximate surface area is 229 Å². The van der Waals surface area contributed by atoms with E-state index in [2.05, 4.69) is 56.6 Å². The molecule has 0 amide bonds. The lowest BCUT2D eigenvalue weighted by molar-refractivity contribution is -0.0978. The zero-order valence-corrected chi connectivity index (χ0v) is 23.3. The molecule has 0 aliphatic heterocycles. The van der Waals surface area contributed by atoms with Crippen LogP contribution >= 0.6 is 0 Å². The molecule has 1 heterocycles. The zero-order valence-electron chi connectivity index (χ0n) is 23.3. The Morgan fingerprint density at radius 1 is 1.10 bits per heavy atom. The van der Waals surface area contributed by atoms with E-state index in [4.69, 9.17) is 10.1 Å². The molecule has 11 heteroatoms. The summed E-state index contributed by atoms with van der Waals surface area (Å²) in [5.41, 5.74) is 5.01. The van der Waals surface area contributed by atoms with Crippen molar-refractivity contribution in [3.05, 3.63) is 71.2 Å². The number of benzene rings is 1. The standard InChI is InChI=1S/C28H38F2N8O/c1-18(2)37(5)11-12-38(6)25-9-10-26(39-28(29)30)24(14-23(25)33-4)36-27-15-22(34-17-35-27)19-7-8-20(16-31)21(13-19)32-3/h7-9,13-18,28,31-33H,10-12H2,1-6H3,(H,34,35,36). The van der Waals surface area contributed by atoms with Crippen LogP contribution in [0, 0.1) is 5.41 Å². The number of halogens is 2. The fourth-order valence-electron chi connectivity index (χ4n) is 4.06. The predicted molar refractivity (Wildman–Crippen MR) is 153 cm³/mol. The van der Waals surface area contributed by atoms with Crippen LogP contribution in [-0.2, 0) is 4.74 Å². The minimum Gasteiger partial charge on any atom is -0.437 e. The molecule has 0 atom stereocenters. The molecule has 9 nitrogen and oxygen atoms in total. The Bertz CT molecular complexity index is 1240. The summed E-state index contributed by atoms with van der Waals surface area (Å²) in [5, 5.41) is 17.0. The van der Waals surface area contributed by atoms with Crippen molar-refractivity contribution in [1.82, 2.24) is 25.1 Å². The van der Waals surface area contributed by atoms with Gasteiger partial charge in [-0.15, -0.1) is 0 Å². The number of ether oxygens (including phenoxy) is 1. The molecule has 0 fully saturated rings. The van der Waals surface area contributed by atoms with E-state index in [1.54, 1.807) is 26.2 Å². The molecule has 1 aromatic heterocycles. The highest BCUT2D eigenvalue weighted by Gasteiger charge is 2.20. The molecule has 1 aromatic carbocycles. The third-order valence-corrected chi connectivity index (χ3v) is 6.63. The summed E-state index contributed by atoms with van der Waals surface area (Å²) in [6, 6.07) is 7.75. The van der Waals surface area contributed by atoms with Crippen LogP contribution in [-0.4, -0.2) is 79.9 Å². The zero-order chi connectivity index (χ0) is 28.5. The van der Waals surface area contributed by atoms with E-state index in [1.165, 1.54) is 12.5 Å². The van der Waals surface area contributed by atoms with Gasteiger partial charge in [0.15, 0.2) is 0 Å². The van der Waals surface area contributed by atoms with Crippen LogP contribution in [0.4, 0.5) is 20.3 Å². The summed E-state index contributed by atoms with van der Waals surface area (Å²) >= 11 is 0. The van der Waals surface area contributed by atoms with E-state index in [0.29, 0.717) is 23.3 Å². The first kappa shape index (κ1) is 29.6. The van der Waals surface area contributed by atoms with Gasteiger partial charge in [-0.25, -0.2) is 9.97 Å². The number of allylic oxidation sites excluding steroid dienone is 2. The molecule has 4 N–H and O–H groups in total. The summed E-state index contributed by atoms with van der Waals surface area (Å²) in [7, 11) is 7.64. The second kappa shape index (κ2) is 13.7. The average molecular weight is 541 g/mol. The van der Waals surface area contributed by atoms with Gasteiger partial charge in [-0.3, -0.25) is 0 Å². The van der Waals surface area contributed by atoms with E-state index < -0.39 is 6.61 Å². The number of nitrogens with zero attached hydrogens (tertiary/aromatic N) is 4. The third-order valence-electron chi connectivity index (χ3n) is 6.63. The molecule has 39 heavy (non-hydrogen) atoms. The van der Waals surface area contributed by atoms with Gasteiger partial charge in [-0.2, -0.15) is 8.78 Å². The van der Waals surface area contributed by atoms with E-state index in [1.807, 2.05) is 31.3 Å². The van der Waals surface area contributed by atoms with Crippen molar-refractivity contribution >= 4 is 17.7 Å². The second-order valence-corrected chi connectivity index (χ2v) is 9.42. The van der Waals surface area contributed by atoms with Crippen LogP contribution in [0.25, 0.3) is 11.3 Å². The molecule has 0 unspecified atom stereocenters. The first-order valence-electron chi connectivity index (χ1n) is 12.8. The molecule has 0 bridgehead atoms. The predicted octanol–water partition coefficient (Wildman–Crippen LogP) is 4.71. The molecule has 2 aromatic rings. The van der Waals surface area contributed by atoms with Gasteiger partial charge in [0.2, 0.25) is 0 Å². The molecule has 0 saturated heterocycles. The quantitative estimate of drug-likeness (QED) is 0.271. The summed E-state index contributed by atoms with van der Waals surface area (Å²) in [5.74, 6) is 0.531. The molecule has 0 saturated carbocycles. The maximum Gasteiger partial charge on any atom is 0.387 e. The highest BCUT2D eigenvalue weighted by atomic mass is 19.3. The van der Waals surface area contributed by atoms with Gasteiger partial charge < -0.3 is 35.9 Å². The lowest BCUT2D eigenvalue weighted by Gasteiger charge is -2.28. The van der Waals surface area contributed by atoms with Crippen molar-refractivity contribution in [2.75, 3.05) is 51.9 Å². The summed E-state index contributed by atoms with van der Waals surface area (Å²) in [6.45, 7) is 2.92. The smallest absolute Gasteiger partial charge is 0.387 e. The van der Waals surface area contributed by atoms with Crippen LogP contribution in [0.2, 0.25) is 0 Å². The fourth-order valence-corrected chi connectivity index (χ4v) is 4.06. The summed E-state index contributed by atoms with van der Waals surface area (Å²) in [4.78, 5) is 13.0. The summed E-state index contributed by atoms with van der Waals surface area (Å²) < 4.78 is 31.7. The van der Waals surface area contributed by atoms with Gasteiger partial charge in [0.05, 0.1) is 22.8 Å². The van der Waals surface area contributed by atoms with Gasteiger partial charge in [-0.1, -0.05) is 18.2 Å². The maximum atomic E-state index is 13.4. The van der Waals surface area contributed by atoms with Crippen molar-refractivity contribution in [3.63, 3.8) is 0 Å². The Hall–Kier alpha value is -3.99. The number of nitrogens with one attached hydrogen (secondary N) is 4. The molecule has 1 aliphatic carbocycles. The first-order chi connectivity index (χ1) is 18.7. The topological polar surface area (TPSA) is 101 Å². The Morgan fingerprint density at radius 3 is 2.51 bits per heavy atom. The minimum absolute atomic E-state index is 0.105. The van der Waals surface area contributed by atoms with Crippen molar-refractivity contribution in [1.29, 1.82) is 5.41 Å². The lowest BCUT2D eigenvalue weighted by atomic mass is 10.1. The third kappa shape index (κ3) is 7.76. The minimum atomic E-state index is -2.97. The molecular weight excluding hydrogens is 502 g/mol. The van der Waals surface area contributed by atoms with Crippen molar-refractivity contribution < 1.29 is 13.5 Å². The maximum absolute atomic E-state index is 13.4. The van der Waals surface area contributed by atoms with Gasteiger partial charge in [0, 0.05) is 75.8 Å². The Balaban J connectivity index is 1.92. The van der Waals surface area contributed by atoms with Crippen LogP contribution < -0.4 is 16.0 Å². The number of rotatable bonds is 13. The van der Waals surface area contributed by atoms with Crippen LogP contribution in [0.5, 0.6) is 0 Å². The SMILES string of the molecule is CNC1=CC(Nc2cc(-c3ccc(C=N)c(NC)c3)ncn2)=C(OC(F)F)CC=C1N(C)CCN(C)C(C)C. The molecular formula is C28H38F2N8O. The molecule has 0 spiro atoms. The normalized spacial score (nSPS) is 13.7. The number of alkyl halides is 2. The van der Waals surface area contributed by atoms with E-state index in [-0.39, 0.29) is 12.2 Å². The van der Waals surface area contributed by atoms with Gasteiger partial charge >= 0.3 is 6.61 Å². The lowest BCUT2D eigenvalue weighted by Crippen LogP contribution is -2.35. The largest absolute Gasteiger partial charge is 0.437 e. The Kier molecular flexibility index (Phi) is 10.4. The van der Waals surface area contributed by atoms with Crippen molar-refractivity contribution in [3.8, 4) is 11.3 Å². The second-order valence-electron chi connectivity index (χ2n) is 9.42. The van der Waals surface area contributed by atoms with Crippen LogP contribution in [0.3, 0.4) is 0 Å². The Morgan fingerprint density at radius 2 is 1.87 bits per heavy atom. The highest BCUT2D eigenvalue weighted by molar-refractivity contribution is 5.87. The van der Waals surface area contributed by atoms with Gasteiger partial charge in [0.25, 0.3) is 0 Å². The van der Waals surface area contributed by atoms with Crippen molar-refractivity contribution in [2.45, 2.75) is 32.9 Å².